The molecular formula is C30H27FN2OS. The standard InChI is InChI=1S/C30H27FN2OS/c1-34-28-16-15-23(21-11-13-22(14-12-21)25-7-2-4-9-27(25)31)19-24(28)20-35-29-10-5-3-8-26(29)30-32-17-6-18-33-30/h2-5,7-16,19H,6,17-18,20H2,1H3,(H,32,33). The summed E-state index contributed by atoms with van der Waals surface area (Å²) in [5.41, 5.74) is 5.94. The van der Waals surface area contributed by atoms with E-state index in [4.69, 9.17) is 4.74 Å². The summed E-state index contributed by atoms with van der Waals surface area (Å²) in [5.74, 6) is 2.41. The van der Waals surface area contributed by atoms with Crippen LogP contribution in [-0.2, 0) is 5.75 Å². The molecule has 1 heterocycles. The molecular weight excluding hydrogens is 455 g/mol. The Morgan fingerprint density at radius 1 is 0.857 bits per heavy atom. The third-order valence-corrected chi connectivity index (χ3v) is 7.23. The van der Waals surface area contributed by atoms with Crippen molar-refractivity contribution in [2.45, 2.75) is 17.1 Å². The van der Waals surface area contributed by atoms with Crippen LogP contribution >= 0.6 is 11.8 Å². The van der Waals surface area contributed by atoms with Gasteiger partial charge in [0.25, 0.3) is 0 Å². The Labute approximate surface area is 210 Å². The van der Waals surface area contributed by atoms with E-state index in [-0.39, 0.29) is 5.82 Å². The van der Waals surface area contributed by atoms with Crippen molar-refractivity contribution < 1.29 is 9.13 Å². The molecule has 5 heteroatoms. The predicted octanol–water partition coefficient (Wildman–Crippen LogP) is 7.20. The molecule has 0 fully saturated rings. The zero-order valence-electron chi connectivity index (χ0n) is 19.6. The molecule has 0 bridgehead atoms. The maximum absolute atomic E-state index is 14.2. The van der Waals surface area contributed by atoms with Crippen LogP contribution in [0, 0.1) is 5.82 Å². The third-order valence-electron chi connectivity index (χ3n) is 6.11. The second kappa shape index (κ2) is 10.8. The van der Waals surface area contributed by atoms with E-state index in [1.807, 2.05) is 36.4 Å². The first-order chi connectivity index (χ1) is 17.2. The van der Waals surface area contributed by atoms with Gasteiger partial charge in [-0.3, -0.25) is 4.99 Å². The average Bonchev–Trinajstić information content (AvgIpc) is 2.93. The molecule has 3 nitrogen and oxygen atoms in total. The molecule has 1 N–H and O–H groups in total. The number of thioether (sulfide) groups is 1. The highest BCUT2D eigenvalue weighted by atomic mass is 32.2. The van der Waals surface area contributed by atoms with Gasteiger partial charge in [-0.25, -0.2) is 4.39 Å². The van der Waals surface area contributed by atoms with Gasteiger partial charge < -0.3 is 10.1 Å². The highest BCUT2D eigenvalue weighted by Crippen LogP contribution is 2.34. The molecule has 0 aromatic heterocycles. The van der Waals surface area contributed by atoms with E-state index in [9.17, 15) is 4.39 Å². The van der Waals surface area contributed by atoms with Gasteiger partial charge in [-0.15, -0.1) is 11.8 Å². The lowest BCUT2D eigenvalue weighted by atomic mass is 9.99. The fraction of sp³-hybridized carbons (Fsp3) is 0.167. The predicted molar refractivity (Wildman–Crippen MR) is 144 cm³/mol. The molecule has 4 aromatic rings. The molecule has 0 radical (unpaired) electrons. The summed E-state index contributed by atoms with van der Waals surface area (Å²) in [6, 6.07) is 29.6. The van der Waals surface area contributed by atoms with Crippen LogP contribution in [0.3, 0.4) is 0 Å². The van der Waals surface area contributed by atoms with Gasteiger partial charge in [0.2, 0.25) is 0 Å². The van der Waals surface area contributed by atoms with E-state index >= 15 is 0 Å². The average molecular weight is 483 g/mol. The van der Waals surface area contributed by atoms with Crippen molar-refractivity contribution in [2.24, 2.45) is 4.99 Å². The molecule has 0 saturated heterocycles. The van der Waals surface area contributed by atoms with Crippen molar-refractivity contribution in [3.05, 3.63) is 108 Å². The van der Waals surface area contributed by atoms with Crippen LogP contribution in [0.2, 0.25) is 0 Å². The van der Waals surface area contributed by atoms with Crippen LogP contribution in [0.4, 0.5) is 4.39 Å². The number of amidine groups is 1. The Balaban J connectivity index is 1.39. The Morgan fingerprint density at radius 2 is 1.57 bits per heavy atom. The maximum Gasteiger partial charge on any atom is 0.131 e. The van der Waals surface area contributed by atoms with Crippen LogP contribution in [0.25, 0.3) is 22.3 Å². The lowest BCUT2D eigenvalue weighted by molar-refractivity contribution is 0.411. The number of hydrogen-bond donors (Lipinski definition) is 1. The number of ether oxygens (including phenoxy) is 1. The molecule has 0 spiro atoms. The molecule has 176 valence electrons. The molecule has 5 rings (SSSR count). The quantitative estimate of drug-likeness (QED) is 0.283. The van der Waals surface area contributed by atoms with Gasteiger partial charge in [0.15, 0.2) is 0 Å². The fourth-order valence-electron chi connectivity index (χ4n) is 4.27. The van der Waals surface area contributed by atoms with Crippen molar-refractivity contribution in [1.29, 1.82) is 0 Å². The van der Waals surface area contributed by atoms with Gasteiger partial charge >= 0.3 is 0 Å². The molecule has 0 saturated carbocycles. The molecule has 0 atom stereocenters. The number of rotatable bonds is 7. The normalized spacial score (nSPS) is 13.1. The van der Waals surface area contributed by atoms with E-state index in [0.29, 0.717) is 5.56 Å². The molecule has 0 unspecified atom stereocenters. The fourth-order valence-corrected chi connectivity index (χ4v) is 5.30. The Kier molecular flexibility index (Phi) is 7.15. The Bertz CT molecular complexity index is 1350. The van der Waals surface area contributed by atoms with Crippen molar-refractivity contribution in [1.82, 2.24) is 5.32 Å². The molecule has 1 aliphatic heterocycles. The van der Waals surface area contributed by atoms with Crippen LogP contribution in [-0.4, -0.2) is 26.0 Å². The summed E-state index contributed by atoms with van der Waals surface area (Å²) >= 11 is 1.79. The number of halogens is 1. The Hall–Kier alpha value is -3.57. The zero-order valence-corrected chi connectivity index (χ0v) is 20.4. The van der Waals surface area contributed by atoms with Gasteiger partial charge in [-0.1, -0.05) is 66.7 Å². The van der Waals surface area contributed by atoms with Crippen molar-refractivity contribution in [3.63, 3.8) is 0 Å². The minimum Gasteiger partial charge on any atom is -0.496 e. The second-order valence-electron chi connectivity index (χ2n) is 8.38. The van der Waals surface area contributed by atoms with Gasteiger partial charge in [-0.2, -0.15) is 0 Å². The van der Waals surface area contributed by atoms with Crippen LogP contribution in [0.1, 0.15) is 17.5 Å². The number of aliphatic imine (C=N–C) groups is 1. The smallest absolute Gasteiger partial charge is 0.131 e. The number of nitrogens with one attached hydrogen (secondary N) is 1. The monoisotopic (exact) mass is 482 g/mol. The molecule has 35 heavy (non-hydrogen) atoms. The summed E-state index contributed by atoms with van der Waals surface area (Å²) in [4.78, 5) is 5.88. The molecule has 0 amide bonds. The Morgan fingerprint density at radius 3 is 2.31 bits per heavy atom. The van der Waals surface area contributed by atoms with Gasteiger partial charge in [0.05, 0.1) is 7.11 Å². The van der Waals surface area contributed by atoms with Crippen LogP contribution in [0.15, 0.2) is 101 Å². The minimum absolute atomic E-state index is 0.210. The molecule has 4 aromatic carbocycles. The first-order valence-corrected chi connectivity index (χ1v) is 12.7. The maximum atomic E-state index is 14.2. The van der Waals surface area contributed by atoms with Gasteiger partial charge in [0.1, 0.15) is 17.4 Å². The van der Waals surface area contributed by atoms with E-state index in [0.717, 1.165) is 64.7 Å². The first-order valence-electron chi connectivity index (χ1n) is 11.8. The SMILES string of the molecule is COc1ccc(-c2ccc(-c3ccccc3F)cc2)cc1CSc1ccccc1C1=NCCCN1. The van der Waals surface area contributed by atoms with Crippen LogP contribution in [0.5, 0.6) is 5.75 Å². The summed E-state index contributed by atoms with van der Waals surface area (Å²) < 4.78 is 19.8. The van der Waals surface area contributed by atoms with E-state index < -0.39 is 0 Å². The summed E-state index contributed by atoms with van der Waals surface area (Å²) in [6.07, 6.45) is 1.07. The van der Waals surface area contributed by atoms with Gasteiger partial charge in [-0.05, 0) is 47.4 Å². The van der Waals surface area contributed by atoms with Crippen molar-refractivity contribution in [2.75, 3.05) is 20.2 Å². The first kappa shape index (κ1) is 23.2. The lowest BCUT2D eigenvalue weighted by Crippen LogP contribution is -2.30. The number of benzene rings is 4. The van der Waals surface area contributed by atoms with Crippen LogP contribution < -0.4 is 10.1 Å². The van der Waals surface area contributed by atoms with Crippen molar-refractivity contribution in [3.8, 4) is 28.0 Å². The van der Waals surface area contributed by atoms with E-state index in [1.165, 1.54) is 11.0 Å². The zero-order chi connectivity index (χ0) is 24.0. The number of hydrogen-bond acceptors (Lipinski definition) is 4. The second-order valence-corrected chi connectivity index (χ2v) is 9.40. The highest BCUT2D eigenvalue weighted by molar-refractivity contribution is 7.98. The van der Waals surface area contributed by atoms with E-state index in [2.05, 4.69) is 46.7 Å². The van der Waals surface area contributed by atoms with E-state index in [1.54, 1.807) is 31.0 Å². The summed E-state index contributed by atoms with van der Waals surface area (Å²) in [7, 11) is 1.71. The largest absolute Gasteiger partial charge is 0.496 e. The topological polar surface area (TPSA) is 33.6 Å². The molecule has 0 aliphatic carbocycles. The highest BCUT2D eigenvalue weighted by Gasteiger charge is 2.14. The third kappa shape index (κ3) is 5.25. The molecule has 1 aliphatic rings. The summed E-state index contributed by atoms with van der Waals surface area (Å²) in [6.45, 7) is 1.83. The number of nitrogens with zero attached hydrogens (tertiary/aromatic N) is 1. The lowest BCUT2D eigenvalue weighted by Gasteiger charge is -2.17. The van der Waals surface area contributed by atoms with Gasteiger partial charge in [0, 0.05) is 40.4 Å². The summed E-state index contributed by atoms with van der Waals surface area (Å²) in [5, 5.41) is 3.44. The van der Waals surface area contributed by atoms with Crippen molar-refractivity contribution >= 4 is 17.6 Å². The number of methoxy groups -OCH3 is 1. The minimum atomic E-state index is -0.210.